The predicted molar refractivity (Wildman–Crippen MR) is 57.7 cm³/mol. The Morgan fingerprint density at radius 2 is 1.75 bits per heavy atom. The molecule has 16 heavy (non-hydrogen) atoms. The van der Waals surface area contributed by atoms with Crippen LogP contribution in [0.2, 0.25) is 0 Å². The van der Waals surface area contributed by atoms with Gasteiger partial charge in [-0.1, -0.05) is 0 Å². The van der Waals surface area contributed by atoms with Crippen molar-refractivity contribution >= 4 is 11.9 Å². The highest BCUT2D eigenvalue weighted by atomic mass is 16.5. The Hall–Kier alpha value is -1.10. The van der Waals surface area contributed by atoms with Gasteiger partial charge in [0.2, 0.25) is 0 Å². The number of carbonyl (C=O) groups excluding carboxylic acids is 2. The molecule has 0 saturated heterocycles. The zero-order valence-corrected chi connectivity index (χ0v) is 9.90. The minimum atomic E-state index is -0.404. The smallest absolute Gasteiger partial charge is 0.306 e. The fraction of sp³-hybridized carbons (Fsp3) is 0.818. The highest BCUT2D eigenvalue weighted by Crippen LogP contribution is 1.99. The van der Waals surface area contributed by atoms with Gasteiger partial charge < -0.3 is 14.6 Å². The van der Waals surface area contributed by atoms with Crippen LogP contribution in [0.15, 0.2) is 0 Å². The van der Waals surface area contributed by atoms with Gasteiger partial charge >= 0.3 is 11.9 Å². The number of carbonyl (C=O) groups is 2. The van der Waals surface area contributed by atoms with Gasteiger partial charge in [-0.2, -0.15) is 0 Å². The summed E-state index contributed by atoms with van der Waals surface area (Å²) >= 11 is 0. The van der Waals surface area contributed by atoms with Crippen LogP contribution in [0, 0.1) is 0 Å². The molecule has 94 valence electrons. The number of hydrogen-bond acceptors (Lipinski definition) is 5. The normalized spacial score (nSPS) is 10.2. The standard InChI is InChI=1S/C11H20O5/c1-9(2)16-11(14)6-5-10(13)15-8-4-3-7-12/h9,12H,3-8H2,1-2H3. The molecule has 0 aromatic heterocycles. The first-order chi connectivity index (χ1) is 7.56. The van der Waals surface area contributed by atoms with Crippen LogP contribution in [0.1, 0.15) is 39.5 Å². The highest BCUT2D eigenvalue weighted by molar-refractivity contribution is 5.77. The van der Waals surface area contributed by atoms with Gasteiger partial charge in [-0.05, 0) is 26.7 Å². The summed E-state index contributed by atoms with van der Waals surface area (Å²) in [5, 5.41) is 8.49. The molecule has 0 radical (unpaired) electrons. The van der Waals surface area contributed by atoms with Crippen molar-refractivity contribution in [3.63, 3.8) is 0 Å². The second-order valence-corrected chi connectivity index (χ2v) is 3.69. The van der Waals surface area contributed by atoms with E-state index in [0.29, 0.717) is 19.4 Å². The number of rotatable bonds is 8. The molecule has 0 bridgehead atoms. The van der Waals surface area contributed by atoms with Crippen molar-refractivity contribution < 1.29 is 24.2 Å². The maximum absolute atomic E-state index is 11.1. The van der Waals surface area contributed by atoms with Crippen molar-refractivity contribution in [2.75, 3.05) is 13.2 Å². The number of esters is 2. The van der Waals surface area contributed by atoms with E-state index in [1.165, 1.54) is 0 Å². The van der Waals surface area contributed by atoms with Gasteiger partial charge in [0.05, 0.1) is 25.6 Å². The van der Waals surface area contributed by atoms with Crippen LogP contribution in [0.5, 0.6) is 0 Å². The van der Waals surface area contributed by atoms with Crippen LogP contribution in [0.3, 0.4) is 0 Å². The quantitative estimate of drug-likeness (QED) is 0.500. The van der Waals surface area contributed by atoms with E-state index in [0.717, 1.165) is 0 Å². The third-order valence-corrected chi connectivity index (χ3v) is 1.72. The van der Waals surface area contributed by atoms with E-state index < -0.39 is 5.97 Å². The van der Waals surface area contributed by atoms with E-state index in [1.54, 1.807) is 13.8 Å². The van der Waals surface area contributed by atoms with E-state index in [1.807, 2.05) is 0 Å². The molecule has 1 N–H and O–H groups in total. The average molecular weight is 232 g/mol. The number of aliphatic hydroxyl groups is 1. The lowest BCUT2D eigenvalue weighted by atomic mass is 10.3. The summed E-state index contributed by atoms with van der Waals surface area (Å²) < 4.78 is 9.71. The van der Waals surface area contributed by atoms with E-state index >= 15 is 0 Å². The van der Waals surface area contributed by atoms with Gasteiger partial charge in [-0.3, -0.25) is 9.59 Å². The molecule has 0 aliphatic carbocycles. The van der Waals surface area contributed by atoms with Gasteiger partial charge in [-0.25, -0.2) is 0 Å². The molecule has 5 nitrogen and oxygen atoms in total. The molecule has 0 unspecified atom stereocenters. The number of unbranched alkanes of at least 4 members (excludes halogenated alkanes) is 1. The lowest BCUT2D eigenvalue weighted by Crippen LogP contribution is -2.14. The first-order valence-electron chi connectivity index (χ1n) is 5.52. The summed E-state index contributed by atoms with van der Waals surface area (Å²) in [4.78, 5) is 22.2. The second-order valence-electron chi connectivity index (χ2n) is 3.69. The molecule has 0 fully saturated rings. The molecule has 0 aliphatic rings. The molecule has 0 saturated carbocycles. The third kappa shape index (κ3) is 9.45. The number of ether oxygens (including phenoxy) is 2. The monoisotopic (exact) mass is 232 g/mol. The van der Waals surface area contributed by atoms with Crippen LogP contribution in [-0.2, 0) is 19.1 Å². The molecule has 0 amide bonds. The Balaban J connectivity index is 3.46. The second kappa shape index (κ2) is 9.15. The fourth-order valence-electron chi connectivity index (χ4n) is 0.998. The Morgan fingerprint density at radius 1 is 1.12 bits per heavy atom. The molecule has 0 aromatic rings. The predicted octanol–water partition coefficient (Wildman–Crippen LogP) is 1.03. The molecule has 0 atom stereocenters. The lowest BCUT2D eigenvalue weighted by Gasteiger charge is -2.07. The molecule has 0 aliphatic heterocycles. The van der Waals surface area contributed by atoms with E-state index in [4.69, 9.17) is 14.6 Å². The van der Waals surface area contributed by atoms with Gasteiger partial charge in [0.25, 0.3) is 0 Å². The summed E-state index contributed by atoms with van der Waals surface area (Å²) in [6.45, 7) is 3.90. The van der Waals surface area contributed by atoms with Crippen LogP contribution in [0.25, 0.3) is 0 Å². The Labute approximate surface area is 95.7 Å². The van der Waals surface area contributed by atoms with E-state index in [2.05, 4.69) is 0 Å². The van der Waals surface area contributed by atoms with E-state index in [9.17, 15) is 9.59 Å². The van der Waals surface area contributed by atoms with E-state index in [-0.39, 0.29) is 31.5 Å². The fourth-order valence-corrected chi connectivity index (χ4v) is 0.998. The maximum atomic E-state index is 11.1. The van der Waals surface area contributed by atoms with Crippen molar-refractivity contribution in [1.29, 1.82) is 0 Å². The van der Waals surface area contributed by atoms with Crippen LogP contribution in [0.4, 0.5) is 0 Å². The van der Waals surface area contributed by atoms with Crippen LogP contribution >= 0.6 is 0 Å². The van der Waals surface area contributed by atoms with Crippen LogP contribution < -0.4 is 0 Å². The number of hydrogen-bond donors (Lipinski definition) is 1. The zero-order chi connectivity index (χ0) is 12.4. The molecule has 0 aromatic carbocycles. The summed E-state index contributed by atoms with van der Waals surface area (Å²) in [6.07, 6.45) is 1.19. The Morgan fingerprint density at radius 3 is 2.31 bits per heavy atom. The Kier molecular flexibility index (Phi) is 8.52. The van der Waals surface area contributed by atoms with Gasteiger partial charge in [0.15, 0.2) is 0 Å². The minimum absolute atomic E-state index is 0.0463. The largest absolute Gasteiger partial charge is 0.466 e. The third-order valence-electron chi connectivity index (χ3n) is 1.72. The summed E-state index contributed by atoms with van der Waals surface area (Å²) in [5.41, 5.74) is 0. The number of aliphatic hydroxyl groups excluding tert-OH is 1. The zero-order valence-electron chi connectivity index (χ0n) is 9.90. The van der Waals surface area contributed by atoms with Crippen molar-refractivity contribution in [2.24, 2.45) is 0 Å². The molecule has 0 spiro atoms. The van der Waals surface area contributed by atoms with Crippen molar-refractivity contribution in [2.45, 2.75) is 45.6 Å². The topological polar surface area (TPSA) is 72.8 Å². The minimum Gasteiger partial charge on any atom is -0.466 e. The van der Waals surface area contributed by atoms with Crippen molar-refractivity contribution in [1.82, 2.24) is 0 Å². The highest BCUT2D eigenvalue weighted by Gasteiger charge is 2.09. The molecule has 0 heterocycles. The molecule has 5 heteroatoms. The summed E-state index contributed by atoms with van der Waals surface area (Å²) in [7, 11) is 0. The summed E-state index contributed by atoms with van der Waals surface area (Å²) in [5.74, 6) is -0.791. The van der Waals surface area contributed by atoms with Gasteiger partial charge in [-0.15, -0.1) is 0 Å². The SMILES string of the molecule is CC(C)OC(=O)CCC(=O)OCCCCO. The van der Waals surface area contributed by atoms with Gasteiger partial charge in [0, 0.05) is 6.61 Å². The Bertz CT molecular complexity index is 212. The molecular weight excluding hydrogens is 212 g/mol. The van der Waals surface area contributed by atoms with Gasteiger partial charge in [0.1, 0.15) is 0 Å². The molecular formula is C11H20O5. The molecule has 0 rings (SSSR count). The van der Waals surface area contributed by atoms with Crippen molar-refractivity contribution in [3.8, 4) is 0 Å². The first kappa shape index (κ1) is 14.9. The first-order valence-corrected chi connectivity index (χ1v) is 5.52. The average Bonchev–Trinajstić information content (AvgIpc) is 2.20. The maximum Gasteiger partial charge on any atom is 0.306 e. The van der Waals surface area contributed by atoms with Crippen molar-refractivity contribution in [3.05, 3.63) is 0 Å². The summed E-state index contributed by atoms with van der Waals surface area (Å²) in [6, 6.07) is 0. The lowest BCUT2D eigenvalue weighted by molar-refractivity contribution is -0.152. The van der Waals surface area contributed by atoms with Crippen LogP contribution in [-0.4, -0.2) is 36.4 Å².